The molecule has 0 bridgehead atoms. The zero-order valence-corrected chi connectivity index (χ0v) is 21.6. The van der Waals surface area contributed by atoms with Crippen LogP contribution in [0.3, 0.4) is 0 Å². The summed E-state index contributed by atoms with van der Waals surface area (Å²) in [5.41, 5.74) is 9.47. The molecule has 0 aromatic heterocycles. The van der Waals surface area contributed by atoms with Crippen molar-refractivity contribution in [3.8, 4) is 0 Å². The van der Waals surface area contributed by atoms with Gasteiger partial charge in [-0.05, 0) is 112 Å². The lowest BCUT2D eigenvalue weighted by Gasteiger charge is -2.61. The van der Waals surface area contributed by atoms with E-state index in [1.165, 1.54) is 63.4 Å². The van der Waals surface area contributed by atoms with E-state index in [1.54, 1.807) is 11.1 Å². The normalized spacial score (nSPS) is 43.2. The Morgan fingerprint density at radius 3 is 2.23 bits per heavy atom. The van der Waals surface area contributed by atoms with Crippen molar-refractivity contribution in [2.24, 2.45) is 27.6 Å². The predicted molar refractivity (Wildman–Crippen MR) is 133 cm³/mol. The number of allylic oxidation sites excluding steroid dienone is 5. The Morgan fingerprint density at radius 1 is 0.871 bits per heavy atom. The van der Waals surface area contributed by atoms with Gasteiger partial charge in [-0.1, -0.05) is 62.5 Å². The van der Waals surface area contributed by atoms with Gasteiger partial charge in [0.05, 0.1) is 6.10 Å². The van der Waals surface area contributed by atoms with Gasteiger partial charge >= 0.3 is 0 Å². The van der Waals surface area contributed by atoms with Crippen molar-refractivity contribution in [1.82, 2.24) is 0 Å². The molecule has 2 fully saturated rings. The average molecular weight is 425 g/mol. The van der Waals surface area contributed by atoms with Crippen LogP contribution in [-0.2, 0) is 0 Å². The minimum atomic E-state index is -0.139. The summed E-state index contributed by atoms with van der Waals surface area (Å²) in [5.74, 6) is 0.621. The van der Waals surface area contributed by atoms with Gasteiger partial charge in [0.2, 0.25) is 0 Å². The standard InChI is InChI=1S/C30H48O/c1-20(2)10-9-11-21(3)22-14-18-30(8)24-12-13-25-27(4,5)26(31)16-17-28(25,6)23(24)15-19-29(22,30)7/h25-26,31H,1,9-19H2,2-8H3. The lowest BCUT2D eigenvalue weighted by molar-refractivity contribution is -0.0940. The number of fused-ring (bicyclic) bond motifs is 4. The second-order valence-corrected chi connectivity index (χ2v) is 13.1. The molecule has 4 aliphatic rings. The first-order valence-electron chi connectivity index (χ1n) is 13.1. The van der Waals surface area contributed by atoms with Gasteiger partial charge in [0, 0.05) is 0 Å². The number of hydrogen-bond acceptors (Lipinski definition) is 1. The number of aliphatic hydroxyl groups excluding tert-OH is 1. The molecule has 0 radical (unpaired) electrons. The fourth-order valence-corrected chi connectivity index (χ4v) is 8.95. The molecule has 1 N–H and O–H groups in total. The quantitative estimate of drug-likeness (QED) is 0.448. The molecule has 0 aromatic carbocycles. The molecule has 0 heterocycles. The number of rotatable bonds is 4. The van der Waals surface area contributed by atoms with E-state index in [1.807, 2.05) is 11.1 Å². The van der Waals surface area contributed by atoms with E-state index in [4.69, 9.17) is 0 Å². The summed E-state index contributed by atoms with van der Waals surface area (Å²) in [6.45, 7) is 21.2. The predicted octanol–water partition coefficient (Wildman–Crippen LogP) is 8.54. The van der Waals surface area contributed by atoms with Crippen molar-refractivity contribution in [2.45, 2.75) is 125 Å². The molecule has 31 heavy (non-hydrogen) atoms. The molecule has 2 saturated carbocycles. The highest BCUT2D eigenvalue weighted by atomic mass is 16.3. The highest BCUT2D eigenvalue weighted by Gasteiger charge is 2.61. The fraction of sp³-hybridized carbons (Fsp3) is 0.800. The van der Waals surface area contributed by atoms with Crippen molar-refractivity contribution >= 4 is 0 Å². The zero-order valence-electron chi connectivity index (χ0n) is 21.6. The second-order valence-electron chi connectivity index (χ2n) is 13.1. The Morgan fingerprint density at radius 2 is 1.55 bits per heavy atom. The van der Waals surface area contributed by atoms with Crippen molar-refractivity contribution in [3.05, 3.63) is 34.4 Å². The van der Waals surface area contributed by atoms with E-state index in [0.29, 0.717) is 22.2 Å². The first kappa shape index (κ1) is 23.3. The lowest BCUT2D eigenvalue weighted by atomic mass is 9.44. The highest BCUT2D eigenvalue weighted by molar-refractivity contribution is 5.44. The molecule has 4 rings (SSSR count). The molecule has 5 atom stereocenters. The van der Waals surface area contributed by atoms with E-state index in [2.05, 4.69) is 55.0 Å². The Hall–Kier alpha value is -0.820. The smallest absolute Gasteiger partial charge is 0.0594 e. The third-order valence-corrected chi connectivity index (χ3v) is 11.2. The molecule has 0 aliphatic heterocycles. The second kappa shape index (κ2) is 7.61. The summed E-state index contributed by atoms with van der Waals surface area (Å²) < 4.78 is 0. The molecule has 1 heteroatoms. The summed E-state index contributed by atoms with van der Waals surface area (Å²) >= 11 is 0. The number of aliphatic hydroxyl groups is 1. The van der Waals surface area contributed by atoms with Crippen LogP contribution >= 0.6 is 0 Å². The Kier molecular flexibility index (Phi) is 5.73. The molecule has 0 amide bonds. The maximum absolute atomic E-state index is 10.8. The monoisotopic (exact) mass is 424 g/mol. The highest BCUT2D eigenvalue weighted by Crippen LogP contribution is 2.71. The molecule has 0 aromatic rings. The van der Waals surface area contributed by atoms with Crippen molar-refractivity contribution in [1.29, 1.82) is 0 Å². The van der Waals surface area contributed by atoms with Crippen LogP contribution in [0.15, 0.2) is 34.4 Å². The summed E-state index contributed by atoms with van der Waals surface area (Å²) in [7, 11) is 0. The molecule has 0 spiro atoms. The Labute approximate surface area is 192 Å². The van der Waals surface area contributed by atoms with Gasteiger partial charge in [-0.2, -0.15) is 0 Å². The van der Waals surface area contributed by atoms with Crippen LogP contribution in [0.5, 0.6) is 0 Å². The Bertz CT molecular complexity index is 825. The van der Waals surface area contributed by atoms with Crippen LogP contribution in [-0.4, -0.2) is 11.2 Å². The molecule has 0 saturated heterocycles. The SMILES string of the molecule is C=C(C)CCCC(C)=C1CCC2(C)C3=C(CCC12C)C1(C)CCC(O)C(C)(C)C1CC3. The largest absolute Gasteiger partial charge is 0.393 e. The van der Waals surface area contributed by atoms with Gasteiger partial charge in [-0.25, -0.2) is 0 Å². The van der Waals surface area contributed by atoms with Gasteiger partial charge in [0.1, 0.15) is 0 Å². The van der Waals surface area contributed by atoms with E-state index in [0.717, 1.165) is 12.8 Å². The van der Waals surface area contributed by atoms with Gasteiger partial charge < -0.3 is 5.11 Å². The first-order chi connectivity index (χ1) is 14.4. The molecule has 4 aliphatic carbocycles. The van der Waals surface area contributed by atoms with Gasteiger partial charge in [-0.15, -0.1) is 6.58 Å². The zero-order chi connectivity index (χ0) is 22.8. The summed E-state index contributed by atoms with van der Waals surface area (Å²) in [5, 5.41) is 10.8. The van der Waals surface area contributed by atoms with Crippen LogP contribution in [0.2, 0.25) is 0 Å². The van der Waals surface area contributed by atoms with E-state index < -0.39 is 0 Å². The van der Waals surface area contributed by atoms with Gasteiger partial charge in [0.15, 0.2) is 0 Å². The van der Waals surface area contributed by atoms with Crippen LogP contribution in [0.1, 0.15) is 119 Å². The number of hydrogen-bond donors (Lipinski definition) is 1. The molecule has 5 unspecified atom stereocenters. The van der Waals surface area contributed by atoms with Crippen molar-refractivity contribution < 1.29 is 5.11 Å². The molecular formula is C30H48O. The topological polar surface area (TPSA) is 20.2 Å². The molecule has 1 nitrogen and oxygen atoms in total. The van der Waals surface area contributed by atoms with Gasteiger partial charge in [0.25, 0.3) is 0 Å². The van der Waals surface area contributed by atoms with Crippen molar-refractivity contribution in [2.75, 3.05) is 0 Å². The maximum Gasteiger partial charge on any atom is 0.0594 e. The third-order valence-electron chi connectivity index (χ3n) is 11.2. The lowest BCUT2D eigenvalue weighted by Crippen LogP contribution is -2.54. The van der Waals surface area contributed by atoms with E-state index in [9.17, 15) is 5.11 Å². The van der Waals surface area contributed by atoms with Crippen LogP contribution in [0, 0.1) is 27.6 Å². The first-order valence-corrected chi connectivity index (χ1v) is 13.1. The van der Waals surface area contributed by atoms with Crippen LogP contribution in [0.25, 0.3) is 0 Å². The Balaban J connectivity index is 1.69. The molecule has 174 valence electrons. The molecular weight excluding hydrogens is 376 g/mol. The van der Waals surface area contributed by atoms with Crippen LogP contribution in [0.4, 0.5) is 0 Å². The van der Waals surface area contributed by atoms with E-state index >= 15 is 0 Å². The summed E-state index contributed by atoms with van der Waals surface area (Å²) in [6.07, 6.45) is 13.4. The third kappa shape index (κ3) is 3.27. The summed E-state index contributed by atoms with van der Waals surface area (Å²) in [4.78, 5) is 0. The minimum Gasteiger partial charge on any atom is -0.393 e. The average Bonchev–Trinajstić information content (AvgIpc) is 2.96. The van der Waals surface area contributed by atoms with Crippen molar-refractivity contribution in [3.63, 3.8) is 0 Å². The summed E-state index contributed by atoms with van der Waals surface area (Å²) in [6, 6.07) is 0. The fourth-order valence-electron chi connectivity index (χ4n) is 8.95. The van der Waals surface area contributed by atoms with Crippen LogP contribution < -0.4 is 0 Å². The van der Waals surface area contributed by atoms with E-state index in [-0.39, 0.29) is 11.5 Å². The maximum atomic E-state index is 10.8. The van der Waals surface area contributed by atoms with Gasteiger partial charge in [-0.3, -0.25) is 0 Å². The minimum absolute atomic E-state index is 0.0355.